The van der Waals surface area contributed by atoms with Crippen molar-refractivity contribution < 1.29 is 4.74 Å². The number of nitrogens with one attached hydrogen (secondary N) is 1. The molecule has 0 radical (unpaired) electrons. The summed E-state index contributed by atoms with van der Waals surface area (Å²) in [4.78, 5) is 0. The van der Waals surface area contributed by atoms with Gasteiger partial charge in [0.15, 0.2) is 5.75 Å². The molecule has 1 aromatic carbocycles. The third kappa shape index (κ3) is 6.35. The van der Waals surface area contributed by atoms with Gasteiger partial charge >= 0.3 is 0 Å². The Hall–Kier alpha value is 0.140. The van der Waals surface area contributed by atoms with Crippen LogP contribution in [0.4, 0.5) is 0 Å². The SMILES string of the molecule is CC(C)(C)NCCOc1c(Cl)cc(Cl)cc1Cl.Cl. The highest BCUT2D eigenvalue weighted by atomic mass is 35.5. The average Bonchev–Trinajstić information content (AvgIpc) is 2.13. The van der Waals surface area contributed by atoms with Gasteiger partial charge in [-0.2, -0.15) is 0 Å². The van der Waals surface area contributed by atoms with E-state index in [2.05, 4.69) is 26.1 Å². The van der Waals surface area contributed by atoms with Gasteiger partial charge in [-0.3, -0.25) is 0 Å². The van der Waals surface area contributed by atoms with Crippen LogP contribution in [-0.4, -0.2) is 18.7 Å². The Morgan fingerprint density at radius 1 is 1.11 bits per heavy atom. The van der Waals surface area contributed by atoms with E-state index in [9.17, 15) is 0 Å². The second-order valence-electron chi connectivity index (χ2n) is 4.72. The van der Waals surface area contributed by atoms with Crippen LogP contribution < -0.4 is 10.1 Å². The maximum absolute atomic E-state index is 5.99. The second kappa shape index (κ2) is 7.66. The van der Waals surface area contributed by atoms with E-state index in [1.54, 1.807) is 12.1 Å². The van der Waals surface area contributed by atoms with Crippen molar-refractivity contribution >= 4 is 47.2 Å². The van der Waals surface area contributed by atoms with Crippen molar-refractivity contribution in [3.05, 3.63) is 27.2 Å². The quantitative estimate of drug-likeness (QED) is 0.797. The summed E-state index contributed by atoms with van der Waals surface area (Å²) >= 11 is 17.8. The monoisotopic (exact) mass is 331 g/mol. The Balaban J connectivity index is 0.00000289. The molecule has 0 spiro atoms. The molecule has 0 atom stereocenters. The first-order valence-corrected chi connectivity index (χ1v) is 6.45. The predicted molar refractivity (Wildman–Crippen MR) is 82.0 cm³/mol. The van der Waals surface area contributed by atoms with E-state index in [1.807, 2.05) is 0 Å². The minimum absolute atomic E-state index is 0. The molecule has 0 fully saturated rings. The fourth-order valence-corrected chi connectivity index (χ4v) is 2.17. The summed E-state index contributed by atoms with van der Waals surface area (Å²) in [5.41, 5.74) is 0.0664. The molecule has 0 unspecified atom stereocenters. The van der Waals surface area contributed by atoms with Crippen LogP contribution in [-0.2, 0) is 0 Å². The van der Waals surface area contributed by atoms with Gasteiger partial charge in [-0.1, -0.05) is 34.8 Å². The Kier molecular flexibility index (Phi) is 7.72. The van der Waals surface area contributed by atoms with Crippen molar-refractivity contribution in [3.8, 4) is 5.75 Å². The molecule has 1 aromatic rings. The molecular formula is C12H17Cl4NO. The van der Waals surface area contributed by atoms with Crippen molar-refractivity contribution in [2.75, 3.05) is 13.2 Å². The zero-order valence-corrected chi connectivity index (χ0v) is 13.6. The zero-order chi connectivity index (χ0) is 13.1. The van der Waals surface area contributed by atoms with Gasteiger partial charge in [0.1, 0.15) is 6.61 Å². The highest BCUT2D eigenvalue weighted by Gasteiger charge is 2.11. The summed E-state index contributed by atoms with van der Waals surface area (Å²) in [5.74, 6) is 0.480. The van der Waals surface area contributed by atoms with Crippen LogP contribution in [0.3, 0.4) is 0 Å². The topological polar surface area (TPSA) is 21.3 Å². The summed E-state index contributed by atoms with van der Waals surface area (Å²) in [6, 6.07) is 3.23. The molecule has 0 bridgehead atoms. The van der Waals surface area contributed by atoms with Crippen molar-refractivity contribution in [3.63, 3.8) is 0 Å². The highest BCUT2D eigenvalue weighted by molar-refractivity contribution is 6.40. The molecule has 0 saturated carbocycles. The fraction of sp³-hybridized carbons (Fsp3) is 0.500. The number of ether oxygens (including phenoxy) is 1. The molecule has 0 aliphatic carbocycles. The van der Waals surface area contributed by atoms with E-state index in [-0.39, 0.29) is 17.9 Å². The van der Waals surface area contributed by atoms with Gasteiger partial charge in [0, 0.05) is 17.1 Å². The largest absolute Gasteiger partial charge is 0.489 e. The molecular weight excluding hydrogens is 316 g/mol. The maximum atomic E-state index is 5.99. The third-order valence-corrected chi connectivity index (χ3v) is 2.75. The number of halogens is 4. The average molecular weight is 333 g/mol. The van der Waals surface area contributed by atoms with E-state index >= 15 is 0 Å². The first-order valence-electron chi connectivity index (χ1n) is 5.32. The first kappa shape index (κ1) is 18.1. The number of hydrogen-bond donors (Lipinski definition) is 1. The van der Waals surface area contributed by atoms with Crippen LogP contribution in [0.15, 0.2) is 12.1 Å². The Morgan fingerprint density at radius 3 is 2.06 bits per heavy atom. The van der Waals surface area contributed by atoms with E-state index in [1.165, 1.54) is 0 Å². The first-order chi connectivity index (χ1) is 7.79. The molecule has 104 valence electrons. The van der Waals surface area contributed by atoms with Gasteiger partial charge < -0.3 is 10.1 Å². The lowest BCUT2D eigenvalue weighted by molar-refractivity contribution is 0.291. The molecule has 1 rings (SSSR count). The van der Waals surface area contributed by atoms with Gasteiger partial charge in [-0.15, -0.1) is 12.4 Å². The van der Waals surface area contributed by atoms with Crippen LogP contribution in [0.25, 0.3) is 0 Å². The molecule has 6 heteroatoms. The lowest BCUT2D eigenvalue weighted by Gasteiger charge is -2.20. The van der Waals surface area contributed by atoms with Crippen molar-refractivity contribution in [1.29, 1.82) is 0 Å². The van der Waals surface area contributed by atoms with Gasteiger partial charge in [-0.25, -0.2) is 0 Å². The Morgan fingerprint density at radius 2 is 1.61 bits per heavy atom. The second-order valence-corrected chi connectivity index (χ2v) is 5.97. The Bertz CT molecular complexity index is 367. The van der Waals surface area contributed by atoms with Gasteiger partial charge in [-0.05, 0) is 32.9 Å². The minimum atomic E-state index is 0. The van der Waals surface area contributed by atoms with Crippen molar-refractivity contribution in [1.82, 2.24) is 5.32 Å². The molecule has 0 amide bonds. The minimum Gasteiger partial charge on any atom is -0.489 e. The molecule has 0 saturated heterocycles. The Labute approximate surface area is 129 Å². The molecule has 0 aliphatic rings. The normalized spacial score (nSPS) is 11.0. The summed E-state index contributed by atoms with van der Waals surface area (Å²) in [6.07, 6.45) is 0. The molecule has 0 heterocycles. The van der Waals surface area contributed by atoms with Crippen LogP contribution in [0.5, 0.6) is 5.75 Å². The van der Waals surface area contributed by atoms with Crippen LogP contribution in [0, 0.1) is 0 Å². The van der Waals surface area contributed by atoms with Gasteiger partial charge in [0.2, 0.25) is 0 Å². The predicted octanol–water partition coefficient (Wildman–Crippen LogP) is 4.84. The fourth-order valence-electron chi connectivity index (χ4n) is 1.25. The van der Waals surface area contributed by atoms with Gasteiger partial charge in [0.25, 0.3) is 0 Å². The maximum Gasteiger partial charge on any atom is 0.156 e. The van der Waals surface area contributed by atoms with E-state index in [0.717, 1.165) is 6.54 Å². The number of hydrogen-bond acceptors (Lipinski definition) is 2. The molecule has 0 aromatic heterocycles. The lowest BCUT2D eigenvalue weighted by atomic mass is 10.1. The summed E-state index contributed by atoms with van der Waals surface area (Å²) < 4.78 is 5.53. The lowest BCUT2D eigenvalue weighted by Crippen LogP contribution is -2.38. The highest BCUT2D eigenvalue weighted by Crippen LogP contribution is 2.35. The van der Waals surface area contributed by atoms with Gasteiger partial charge in [0.05, 0.1) is 10.0 Å². The van der Waals surface area contributed by atoms with Crippen LogP contribution in [0.2, 0.25) is 15.1 Å². The van der Waals surface area contributed by atoms with E-state index in [4.69, 9.17) is 39.5 Å². The molecule has 1 N–H and O–H groups in total. The standard InChI is InChI=1S/C12H16Cl3NO.ClH/c1-12(2,3)16-4-5-17-11-9(14)6-8(13)7-10(11)15;/h6-7,16H,4-5H2,1-3H3;1H. The van der Waals surface area contributed by atoms with E-state index < -0.39 is 0 Å². The van der Waals surface area contributed by atoms with E-state index in [0.29, 0.717) is 27.4 Å². The molecule has 18 heavy (non-hydrogen) atoms. The number of rotatable bonds is 4. The summed E-state index contributed by atoms with van der Waals surface area (Å²) in [6.45, 7) is 7.50. The molecule has 2 nitrogen and oxygen atoms in total. The smallest absolute Gasteiger partial charge is 0.156 e. The summed E-state index contributed by atoms with van der Waals surface area (Å²) in [7, 11) is 0. The third-order valence-electron chi connectivity index (χ3n) is 1.97. The zero-order valence-electron chi connectivity index (χ0n) is 10.5. The molecule has 0 aliphatic heterocycles. The van der Waals surface area contributed by atoms with Crippen molar-refractivity contribution in [2.45, 2.75) is 26.3 Å². The number of benzene rings is 1. The van der Waals surface area contributed by atoms with Crippen molar-refractivity contribution in [2.24, 2.45) is 0 Å². The van der Waals surface area contributed by atoms with Crippen LogP contribution in [0.1, 0.15) is 20.8 Å². The van der Waals surface area contributed by atoms with Crippen LogP contribution >= 0.6 is 47.2 Å². The summed E-state index contributed by atoms with van der Waals surface area (Å²) in [5, 5.41) is 4.66.